The van der Waals surface area contributed by atoms with Crippen LogP contribution in [0.5, 0.6) is 0 Å². The van der Waals surface area contributed by atoms with Gasteiger partial charge in [-0.25, -0.2) is 0 Å². The van der Waals surface area contributed by atoms with Gasteiger partial charge in [-0.1, -0.05) is 24.6 Å². The van der Waals surface area contributed by atoms with E-state index in [-0.39, 0.29) is 17.9 Å². The van der Waals surface area contributed by atoms with Crippen molar-refractivity contribution in [2.45, 2.75) is 44.2 Å². The van der Waals surface area contributed by atoms with E-state index in [1.807, 2.05) is 12.1 Å². The first kappa shape index (κ1) is 16.0. The van der Waals surface area contributed by atoms with Crippen LogP contribution in [0.1, 0.15) is 42.9 Å². The molecule has 1 heterocycles. The van der Waals surface area contributed by atoms with Crippen LogP contribution in [0.4, 0.5) is 0 Å². The highest BCUT2D eigenvalue weighted by molar-refractivity contribution is 5.89. The van der Waals surface area contributed by atoms with Gasteiger partial charge in [0.1, 0.15) is 6.04 Å². The quantitative estimate of drug-likeness (QED) is 0.921. The van der Waals surface area contributed by atoms with Crippen molar-refractivity contribution in [3.05, 3.63) is 35.4 Å². The molecule has 2 amide bonds. The van der Waals surface area contributed by atoms with Crippen molar-refractivity contribution in [2.75, 3.05) is 13.7 Å². The number of fused-ring (bicyclic) bond motifs is 1. The summed E-state index contributed by atoms with van der Waals surface area (Å²) in [5.41, 5.74) is 7.52. The predicted octanol–water partition coefficient (Wildman–Crippen LogP) is 1.60. The summed E-state index contributed by atoms with van der Waals surface area (Å²) in [4.78, 5) is 26.7. The molecule has 5 heteroatoms. The molecule has 1 aromatic rings. The van der Waals surface area contributed by atoms with Gasteiger partial charge in [-0.3, -0.25) is 9.59 Å². The van der Waals surface area contributed by atoms with Gasteiger partial charge < -0.3 is 15.4 Å². The Morgan fingerprint density at radius 3 is 2.96 bits per heavy atom. The molecular formula is C18H23N2O3. The molecule has 3 rings (SSSR count). The van der Waals surface area contributed by atoms with E-state index in [1.165, 1.54) is 0 Å². The van der Waals surface area contributed by atoms with E-state index in [4.69, 9.17) is 10.5 Å². The average Bonchev–Trinajstić information content (AvgIpc) is 2.59. The van der Waals surface area contributed by atoms with Crippen molar-refractivity contribution in [1.82, 2.24) is 4.90 Å². The maximum absolute atomic E-state index is 13.0. The third-order valence-corrected chi connectivity index (χ3v) is 5.08. The molecule has 0 spiro atoms. The molecule has 1 aliphatic carbocycles. The number of benzene rings is 1. The standard InChI is InChI=1S/C18H23N2O3/c1-23-14-7-4-6-13(11-14)18(22)20-10-9-12-5-2-3-8-15(12)16(20)17(19)21/h3,5,8,13-14,16H,4,6-7,9-11H2,1H3,(H2,19,21). The zero-order chi connectivity index (χ0) is 16.4. The van der Waals surface area contributed by atoms with Crippen LogP contribution in [0.3, 0.4) is 0 Å². The number of hydrogen-bond acceptors (Lipinski definition) is 3. The summed E-state index contributed by atoms with van der Waals surface area (Å²) in [5, 5.41) is 0. The number of primary amides is 1. The molecule has 23 heavy (non-hydrogen) atoms. The van der Waals surface area contributed by atoms with E-state index in [9.17, 15) is 9.59 Å². The highest BCUT2D eigenvalue weighted by atomic mass is 16.5. The molecule has 123 valence electrons. The van der Waals surface area contributed by atoms with Crippen LogP contribution in [-0.2, 0) is 20.7 Å². The van der Waals surface area contributed by atoms with Crippen LogP contribution in [0.2, 0.25) is 0 Å². The zero-order valence-corrected chi connectivity index (χ0v) is 13.5. The Kier molecular flexibility index (Phi) is 4.66. The average molecular weight is 315 g/mol. The first-order chi connectivity index (χ1) is 11.1. The number of methoxy groups -OCH3 is 1. The van der Waals surface area contributed by atoms with Gasteiger partial charge in [0.2, 0.25) is 11.8 Å². The summed E-state index contributed by atoms with van der Waals surface area (Å²) in [6.07, 6.45) is 4.44. The van der Waals surface area contributed by atoms with Gasteiger partial charge in [-0.2, -0.15) is 0 Å². The highest BCUT2D eigenvalue weighted by Crippen LogP contribution is 2.34. The number of hydrogen-bond donors (Lipinski definition) is 1. The molecule has 2 aliphatic rings. The molecule has 0 saturated heterocycles. The molecule has 0 bridgehead atoms. The van der Waals surface area contributed by atoms with Crippen LogP contribution in [0, 0.1) is 12.0 Å². The molecule has 2 N–H and O–H groups in total. The summed E-state index contributed by atoms with van der Waals surface area (Å²) in [7, 11) is 1.69. The minimum absolute atomic E-state index is 0.0361. The Labute approximate surface area is 136 Å². The normalized spacial score (nSPS) is 27.3. The van der Waals surface area contributed by atoms with Gasteiger partial charge in [0.05, 0.1) is 6.10 Å². The lowest BCUT2D eigenvalue weighted by atomic mass is 9.84. The molecular weight excluding hydrogens is 292 g/mol. The van der Waals surface area contributed by atoms with Crippen molar-refractivity contribution in [3.8, 4) is 0 Å². The number of ether oxygens (including phenoxy) is 1. The maximum atomic E-state index is 13.0. The second-order valence-electron chi connectivity index (χ2n) is 6.43. The van der Waals surface area contributed by atoms with Crippen LogP contribution in [0.25, 0.3) is 0 Å². The van der Waals surface area contributed by atoms with Crippen LogP contribution < -0.4 is 5.73 Å². The monoisotopic (exact) mass is 315 g/mol. The summed E-state index contributed by atoms with van der Waals surface area (Å²) < 4.78 is 5.42. The number of rotatable bonds is 3. The number of carbonyl (C=O) groups excluding carboxylic acids is 2. The second kappa shape index (κ2) is 6.71. The molecule has 1 aromatic carbocycles. The molecule has 1 radical (unpaired) electrons. The van der Waals surface area contributed by atoms with Gasteiger partial charge in [0.25, 0.3) is 0 Å². The number of carbonyl (C=O) groups is 2. The van der Waals surface area contributed by atoms with E-state index in [0.29, 0.717) is 6.54 Å². The van der Waals surface area contributed by atoms with Crippen molar-refractivity contribution in [3.63, 3.8) is 0 Å². The lowest BCUT2D eigenvalue weighted by Gasteiger charge is -2.39. The van der Waals surface area contributed by atoms with Crippen molar-refractivity contribution in [2.24, 2.45) is 11.7 Å². The number of nitrogens with two attached hydrogens (primary N) is 1. The summed E-state index contributed by atoms with van der Waals surface area (Å²) in [6.45, 7) is 0.533. The van der Waals surface area contributed by atoms with Crippen LogP contribution in [-0.4, -0.2) is 36.5 Å². The van der Waals surface area contributed by atoms with Crippen molar-refractivity contribution < 1.29 is 14.3 Å². The summed E-state index contributed by atoms with van der Waals surface area (Å²) in [5.74, 6) is -0.508. The molecule has 1 saturated carbocycles. The minimum atomic E-state index is -0.663. The van der Waals surface area contributed by atoms with Gasteiger partial charge >= 0.3 is 0 Å². The van der Waals surface area contributed by atoms with E-state index >= 15 is 0 Å². The van der Waals surface area contributed by atoms with E-state index < -0.39 is 11.9 Å². The first-order valence-electron chi connectivity index (χ1n) is 8.23. The largest absolute Gasteiger partial charge is 0.381 e. The molecule has 5 nitrogen and oxygen atoms in total. The summed E-state index contributed by atoms with van der Waals surface area (Å²) in [6, 6.07) is 7.87. The van der Waals surface area contributed by atoms with Gasteiger partial charge in [0, 0.05) is 19.6 Å². The predicted molar refractivity (Wildman–Crippen MR) is 85.4 cm³/mol. The minimum Gasteiger partial charge on any atom is -0.381 e. The Bertz CT molecular complexity index is 602. The van der Waals surface area contributed by atoms with E-state index in [2.05, 4.69) is 6.07 Å². The van der Waals surface area contributed by atoms with Gasteiger partial charge in [0.15, 0.2) is 0 Å². The first-order valence-corrected chi connectivity index (χ1v) is 8.23. The van der Waals surface area contributed by atoms with Gasteiger partial charge in [-0.15, -0.1) is 0 Å². The zero-order valence-electron chi connectivity index (χ0n) is 13.5. The van der Waals surface area contributed by atoms with Crippen molar-refractivity contribution in [1.29, 1.82) is 0 Å². The highest BCUT2D eigenvalue weighted by Gasteiger charge is 2.38. The number of amides is 2. The maximum Gasteiger partial charge on any atom is 0.244 e. The fourth-order valence-electron chi connectivity index (χ4n) is 3.86. The third kappa shape index (κ3) is 3.11. The molecule has 1 fully saturated rings. The SMILES string of the molecule is COC1CCCC(C(=O)N2CCc3c[c]ccc3C2C(N)=O)C1. The lowest BCUT2D eigenvalue weighted by molar-refractivity contribution is -0.145. The fraction of sp³-hybridized carbons (Fsp3) is 0.556. The lowest BCUT2D eigenvalue weighted by Crippen LogP contribution is -2.48. The van der Waals surface area contributed by atoms with E-state index in [0.717, 1.165) is 43.2 Å². The van der Waals surface area contributed by atoms with E-state index in [1.54, 1.807) is 18.1 Å². The Hall–Kier alpha value is -1.88. The fourth-order valence-corrected chi connectivity index (χ4v) is 3.86. The molecule has 1 aliphatic heterocycles. The Balaban J connectivity index is 1.84. The molecule has 3 atom stereocenters. The Morgan fingerprint density at radius 1 is 1.39 bits per heavy atom. The third-order valence-electron chi connectivity index (χ3n) is 5.08. The van der Waals surface area contributed by atoms with Crippen molar-refractivity contribution >= 4 is 11.8 Å². The second-order valence-corrected chi connectivity index (χ2v) is 6.43. The van der Waals surface area contributed by atoms with Crippen LogP contribution in [0.15, 0.2) is 18.2 Å². The topological polar surface area (TPSA) is 72.6 Å². The number of nitrogens with zero attached hydrogens (tertiary/aromatic N) is 1. The summed E-state index contributed by atoms with van der Waals surface area (Å²) >= 11 is 0. The van der Waals surface area contributed by atoms with Gasteiger partial charge in [-0.05, 0) is 42.9 Å². The molecule has 0 aromatic heterocycles. The molecule has 3 unspecified atom stereocenters. The smallest absolute Gasteiger partial charge is 0.244 e. The van der Waals surface area contributed by atoms with Crippen LogP contribution >= 0.6 is 0 Å². The Morgan fingerprint density at radius 2 is 2.22 bits per heavy atom.